The molecule has 9 aromatic carbocycles. The molecule has 14 rings (SSSR count). The van der Waals surface area contributed by atoms with E-state index >= 15 is 0 Å². The highest BCUT2D eigenvalue weighted by molar-refractivity contribution is 6.16. The van der Waals surface area contributed by atoms with Crippen molar-refractivity contribution < 1.29 is 0 Å². The summed E-state index contributed by atoms with van der Waals surface area (Å²) in [5, 5.41) is 4.48. The zero-order chi connectivity index (χ0) is 45.4. The van der Waals surface area contributed by atoms with Crippen LogP contribution in [0.25, 0.3) is 112 Å². The van der Waals surface area contributed by atoms with Gasteiger partial charge in [-0.2, -0.15) is 19.9 Å². The Labute approximate surface area is 396 Å². The van der Waals surface area contributed by atoms with Crippen LogP contribution in [0.2, 0.25) is 0 Å². The molecule has 0 saturated heterocycles. The molecular weight excluding hydrogens is 845 g/mol. The normalized spacial score (nSPS) is 12.3. The molecule has 0 spiro atoms. The molecule has 0 fully saturated rings. The first-order valence-electron chi connectivity index (χ1n) is 23.2. The van der Waals surface area contributed by atoms with Crippen LogP contribution in [0.1, 0.15) is 22.6 Å². The lowest BCUT2D eigenvalue weighted by molar-refractivity contribution is 0.932. The van der Waals surface area contributed by atoms with Gasteiger partial charge in [-0.3, -0.25) is 9.13 Å². The molecule has 0 atom stereocenters. The van der Waals surface area contributed by atoms with Crippen molar-refractivity contribution in [2.24, 2.45) is 0 Å². The van der Waals surface area contributed by atoms with E-state index in [-0.39, 0.29) is 5.92 Å². The molecule has 0 amide bonds. The number of nitrogens with zero attached hydrogens (tertiary/aromatic N) is 8. The van der Waals surface area contributed by atoms with Crippen LogP contribution >= 0.6 is 0 Å². The van der Waals surface area contributed by atoms with Crippen molar-refractivity contribution in [3.05, 3.63) is 241 Å². The molecule has 69 heavy (non-hydrogen) atoms. The van der Waals surface area contributed by atoms with Crippen LogP contribution < -0.4 is 0 Å². The van der Waals surface area contributed by atoms with Gasteiger partial charge in [-0.25, -0.2) is 9.97 Å². The summed E-state index contributed by atoms with van der Waals surface area (Å²) >= 11 is 0. The summed E-state index contributed by atoms with van der Waals surface area (Å²) in [4.78, 5) is 31.6. The Bertz CT molecular complexity index is 3750. The average Bonchev–Trinajstić information content (AvgIpc) is 4.08. The van der Waals surface area contributed by atoms with Crippen molar-refractivity contribution in [1.82, 2.24) is 39.0 Å². The van der Waals surface area contributed by atoms with E-state index in [2.05, 4.69) is 161 Å². The summed E-state index contributed by atoms with van der Waals surface area (Å²) in [6.07, 6.45) is 0. The van der Waals surface area contributed by atoms with E-state index in [1.807, 2.05) is 72.8 Å². The SMILES string of the molecule is c1ccc(-c2nc(-c3ccccc3)nc(-n3c4ccccc4c4ccc5c(c43)C(c3ccccc3)c3c-5ccc4c5ccccc5n(-c5nc(-c6ccccc6)nc(-c6ccccc6)n5)c34)n2)cc1. The maximum Gasteiger partial charge on any atom is 0.238 e. The number of aromatic nitrogens is 8. The lowest BCUT2D eigenvalue weighted by Crippen LogP contribution is -2.10. The molecule has 0 unspecified atom stereocenters. The van der Waals surface area contributed by atoms with Crippen LogP contribution in [0.5, 0.6) is 0 Å². The molecule has 0 N–H and O–H groups in total. The van der Waals surface area contributed by atoms with Gasteiger partial charge in [0, 0.05) is 49.7 Å². The number of benzene rings is 9. The highest BCUT2D eigenvalue weighted by Crippen LogP contribution is 2.55. The standard InChI is InChI=1S/C61H38N8/c1-6-20-38(21-7-1)51-52-45(34-36-47-43-30-16-18-32-49(43)68(54(47)52)60-64-56(39-22-8-2-9-23-39)62-57(65-60)40-24-10-3-11-25-40)46-35-37-48-44-31-17-19-33-50(44)69(55(48)53(46)51)61-66-58(41-26-12-4-13-27-41)63-59(67-61)42-28-14-5-15-29-42/h1-37,51H. The molecule has 0 saturated carbocycles. The first-order chi connectivity index (χ1) is 34.2. The molecule has 0 radical (unpaired) electrons. The van der Waals surface area contributed by atoms with Crippen molar-refractivity contribution in [1.29, 1.82) is 0 Å². The Hall–Kier alpha value is -9.40. The smallest absolute Gasteiger partial charge is 0.238 e. The van der Waals surface area contributed by atoms with E-state index in [1.165, 1.54) is 16.7 Å². The highest BCUT2D eigenvalue weighted by atomic mass is 15.2. The minimum absolute atomic E-state index is 0.220. The lowest BCUT2D eigenvalue weighted by atomic mass is 9.87. The molecule has 322 valence electrons. The van der Waals surface area contributed by atoms with Crippen LogP contribution in [0.15, 0.2) is 224 Å². The Balaban J connectivity index is 1.10. The van der Waals surface area contributed by atoms with Gasteiger partial charge < -0.3 is 0 Å². The Morgan fingerprint density at radius 2 is 0.594 bits per heavy atom. The summed E-state index contributed by atoms with van der Waals surface area (Å²) in [6, 6.07) is 78.1. The van der Waals surface area contributed by atoms with Crippen LogP contribution in [0, 0.1) is 0 Å². The van der Waals surface area contributed by atoms with Crippen LogP contribution in [-0.4, -0.2) is 39.0 Å². The summed E-state index contributed by atoms with van der Waals surface area (Å²) in [5.74, 6) is 3.31. The monoisotopic (exact) mass is 882 g/mol. The fourth-order valence-corrected chi connectivity index (χ4v) is 10.6. The maximum atomic E-state index is 5.36. The summed E-state index contributed by atoms with van der Waals surface area (Å²) < 4.78 is 4.56. The van der Waals surface area contributed by atoms with Crippen LogP contribution in [-0.2, 0) is 0 Å². The molecule has 0 bridgehead atoms. The van der Waals surface area contributed by atoms with Gasteiger partial charge in [0.15, 0.2) is 23.3 Å². The van der Waals surface area contributed by atoms with E-state index in [0.29, 0.717) is 35.2 Å². The second-order valence-electron chi connectivity index (χ2n) is 17.4. The van der Waals surface area contributed by atoms with Gasteiger partial charge >= 0.3 is 0 Å². The van der Waals surface area contributed by atoms with E-state index in [4.69, 9.17) is 29.9 Å². The molecular formula is C61H38N8. The molecule has 13 aromatic rings. The Morgan fingerprint density at radius 3 is 0.957 bits per heavy atom. The average molecular weight is 883 g/mol. The maximum absolute atomic E-state index is 5.36. The first-order valence-corrected chi connectivity index (χ1v) is 23.2. The number of hydrogen-bond donors (Lipinski definition) is 0. The second kappa shape index (κ2) is 15.6. The van der Waals surface area contributed by atoms with E-state index in [9.17, 15) is 0 Å². The van der Waals surface area contributed by atoms with Crippen molar-refractivity contribution >= 4 is 43.6 Å². The van der Waals surface area contributed by atoms with Crippen LogP contribution in [0.3, 0.4) is 0 Å². The summed E-state index contributed by atoms with van der Waals surface area (Å²) in [6.45, 7) is 0. The largest absolute Gasteiger partial charge is 0.277 e. The quantitative estimate of drug-likeness (QED) is 0.158. The van der Waals surface area contributed by atoms with Gasteiger partial charge in [0.1, 0.15) is 0 Å². The zero-order valence-electron chi connectivity index (χ0n) is 37.0. The fraction of sp³-hybridized carbons (Fsp3) is 0.0164. The van der Waals surface area contributed by atoms with Gasteiger partial charge in [0.2, 0.25) is 11.9 Å². The number of fused-ring (bicyclic) bond motifs is 11. The molecule has 8 nitrogen and oxygen atoms in total. The van der Waals surface area contributed by atoms with E-state index < -0.39 is 0 Å². The van der Waals surface area contributed by atoms with Crippen LogP contribution in [0.4, 0.5) is 0 Å². The number of rotatable bonds is 7. The Morgan fingerprint density at radius 1 is 0.275 bits per heavy atom. The predicted octanol–water partition coefficient (Wildman–Crippen LogP) is 14.1. The molecule has 0 aliphatic heterocycles. The Kier molecular flexibility index (Phi) is 8.78. The minimum atomic E-state index is -0.220. The minimum Gasteiger partial charge on any atom is -0.277 e. The van der Waals surface area contributed by atoms with Crippen molar-refractivity contribution in [3.8, 4) is 68.6 Å². The van der Waals surface area contributed by atoms with Gasteiger partial charge in [-0.1, -0.05) is 212 Å². The third kappa shape index (κ3) is 6.16. The van der Waals surface area contributed by atoms with E-state index in [0.717, 1.165) is 77.0 Å². The van der Waals surface area contributed by atoms with Gasteiger partial charge in [-0.15, -0.1) is 0 Å². The molecule has 8 heteroatoms. The summed E-state index contributed by atoms with van der Waals surface area (Å²) in [5.41, 5.74) is 13.6. The summed E-state index contributed by atoms with van der Waals surface area (Å²) in [7, 11) is 0. The predicted molar refractivity (Wildman–Crippen MR) is 276 cm³/mol. The lowest BCUT2D eigenvalue weighted by Gasteiger charge is -2.19. The fourth-order valence-electron chi connectivity index (χ4n) is 10.6. The van der Waals surface area contributed by atoms with Crippen molar-refractivity contribution in [3.63, 3.8) is 0 Å². The van der Waals surface area contributed by atoms with E-state index in [1.54, 1.807) is 0 Å². The molecule has 4 aromatic heterocycles. The topological polar surface area (TPSA) is 87.2 Å². The van der Waals surface area contributed by atoms with Gasteiger partial charge in [0.25, 0.3) is 0 Å². The van der Waals surface area contributed by atoms with Crippen molar-refractivity contribution in [2.45, 2.75) is 5.92 Å². The zero-order valence-corrected chi connectivity index (χ0v) is 37.0. The van der Waals surface area contributed by atoms with Gasteiger partial charge in [-0.05, 0) is 39.9 Å². The molecule has 4 heterocycles. The highest BCUT2D eigenvalue weighted by Gasteiger charge is 2.38. The third-order valence-corrected chi connectivity index (χ3v) is 13.5. The number of para-hydroxylation sites is 2. The number of hydrogen-bond acceptors (Lipinski definition) is 6. The molecule has 1 aliphatic carbocycles. The first kappa shape index (κ1) is 38.8. The second-order valence-corrected chi connectivity index (χ2v) is 17.4. The van der Waals surface area contributed by atoms with Crippen molar-refractivity contribution in [2.75, 3.05) is 0 Å². The molecule has 1 aliphatic rings. The van der Waals surface area contributed by atoms with Gasteiger partial charge in [0.05, 0.1) is 22.1 Å². The third-order valence-electron chi connectivity index (χ3n) is 13.5.